The van der Waals surface area contributed by atoms with Gasteiger partial charge in [0.25, 0.3) is 0 Å². The molecule has 6 aromatic heterocycles. The highest BCUT2D eigenvalue weighted by atomic mass is 32.1. The van der Waals surface area contributed by atoms with Crippen LogP contribution in [0.15, 0.2) is 122 Å². The largest absolute Gasteiger partial charge is 0.354 e. The number of hydrogen-bond donors (Lipinski definition) is 2. The number of para-hydroxylation sites is 2. The van der Waals surface area contributed by atoms with Crippen LogP contribution in [0, 0.1) is 22.7 Å². The van der Waals surface area contributed by atoms with Crippen molar-refractivity contribution >= 4 is 55.0 Å². The zero-order chi connectivity index (χ0) is 36.2. The molecule has 8 aromatic rings. The van der Waals surface area contributed by atoms with Gasteiger partial charge in [0, 0.05) is 43.4 Å². The zero-order valence-electron chi connectivity index (χ0n) is 28.1. The van der Waals surface area contributed by atoms with Crippen LogP contribution in [0.4, 0.5) is 11.9 Å². The Morgan fingerprint density at radius 3 is 1.55 bits per heavy atom. The van der Waals surface area contributed by atoms with Crippen molar-refractivity contribution in [3.63, 3.8) is 0 Å². The first-order chi connectivity index (χ1) is 26.2. The molecule has 14 heteroatoms. The molecule has 0 saturated carbocycles. The first kappa shape index (κ1) is 34.7. The molecule has 6 heterocycles. The van der Waals surface area contributed by atoms with Gasteiger partial charge in [-0.15, -0.1) is 22.7 Å². The van der Waals surface area contributed by atoms with Crippen LogP contribution in [0.1, 0.15) is 44.6 Å². The summed E-state index contributed by atoms with van der Waals surface area (Å²) >= 11 is 3.04. The average molecular weight is 731 g/mol. The van der Waals surface area contributed by atoms with Gasteiger partial charge in [-0.05, 0) is 60.7 Å². The van der Waals surface area contributed by atoms with Crippen molar-refractivity contribution in [1.82, 2.24) is 39.9 Å². The Morgan fingerprint density at radius 2 is 1.04 bits per heavy atom. The fraction of sp³-hybridized carbons (Fsp3) is 0.128. The summed E-state index contributed by atoms with van der Waals surface area (Å²) in [4.78, 5) is 35.3. The Balaban J connectivity index is 0.000000164. The molecular weight excluding hydrogens is 701 g/mol. The predicted molar refractivity (Wildman–Crippen MR) is 206 cm³/mol. The molecule has 0 saturated heterocycles. The van der Waals surface area contributed by atoms with Crippen LogP contribution in [0.3, 0.4) is 0 Å². The third-order valence-electron chi connectivity index (χ3n) is 7.86. The number of anilines is 2. The molecule has 53 heavy (non-hydrogen) atoms. The molecule has 0 aliphatic carbocycles. The van der Waals surface area contributed by atoms with Crippen LogP contribution in [0.2, 0.25) is 0 Å². The van der Waals surface area contributed by atoms with E-state index in [1.165, 1.54) is 22.7 Å². The van der Waals surface area contributed by atoms with Crippen LogP contribution < -0.4 is 10.6 Å². The Morgan fingerprint density at radius 1 is 0.528 bits per heavy atom. The van der Waals surface area contributed by atoms with Crippen LogP contribution in [0.5, 0.6) is 0 Å². The maximum atomic E-state index is 9.70. The van der Waals surface area contributed by atoms with Crippen LogP contribution in [0.25, 0.3) is 20.4 Å². The molecule has 0 aliphatic heterocycles. The van der Waals surface area contributed by atoms with Gasteiger partial charge >= 0.3 is 0 Å². The van der Waals surface area contributed by atoms with Crippen molar-refractivity contribution in [3.8, 4) is 12.1 Å². The highest BCUT2D eigenvalue weighted by molar-refractivity contribution is 7.19. The van der Waals surface area contributed by atoms with E-state index in [0.29, 0.717) is 36.4 Å². The number of nitriles is 2. The van der Waals surface area contributed by atoms with E-state index in [4.69, 9.17) is 0 Å². The second kappa shape index (κ2) is 17.0. The second-order valence-electron chi connectivity index (χ2n) is 11.4. The van der Waals surface area contributed by atoms with Crippen molar-refractivity contribution in [3.05, 3.63) is 155 Å². The molecular formula is C39H30N12S2. The van der Waals surface area contributed by atoms with Gasteiger partial charge in [-0.3, -0.25) is 9.97 Å². The minimum Gasteiger partial charge on any atom is -0.354 e. The van der Waals surface area contributed by atoms with Gasteiger partial charge in [0.1, 0.15) is 21.9 Å². The number of rotatable bonds is 11. The van der Waals surface area contributed by atoms with E-state index < -0.39 is 11.8 Å². The van der Waals surface area contributed by atoms with E-state index in [0.717, 1.165) is 48.3 Å². The summed E-state index contributed by atoms with van der Waals surface area (Å²) in [7, 11) is 0. The summed E-state index contributed by atoms with van der Waals surface area (Å²) in [5.41, 5.74) is 4.97. The van der Waals surface area contributed by atoms with Crippen molar-refractivity contribution in [1.29, 1.82) is 10.5 Å². The minimum absolute atomic E-state index is 0.467. The van der Waals surface area contributed by atoms with Gasteiger partial charge in [-0.1, -0.05) is 36.4 Å². The number of fused-ring (bicyclic) bond motifs is 2. The molecule has 2 unspecified atom stereocenters. The number of nitrogens with zero attached hydrogens (tertiary/aromatic N) is 10. The molecule has 0 aliphatic rings. The van der Waals surface area contributed by atoms with Gasteiger partial charge in [0.05, 0.1) is 56.2 Å². The Kier molecular flexibility index (Phi) is 11.1. The third kappa shape index (κ3) is 8.77. The molecule has 0 amide bonds. The van der Waals surface area contributed by atoms with E-state index in [-0.39, 0.29) is 0 Å². The summed E-state index contributed by atoms with van der Waals surface area (Å²) in [5, 5.41) is 27.2. The van der Waals surface area contributed by atoms with Crippen molar-refractivity contribution in [2.24, 2.45) is 0 Å². The maximum absolute atomic E-state index is 9.70. The lowest BCUT2D eigenvalue weighted by atomic mass is 10.1. The molecule has 12 nitrogen and oxygen atoms in total. The lowest BCUT2D eigenvalue weighted by Gasteiger charge is -2.08. The van der Waals surface area contributed by atoms with Crippen LogP contribution in [-0.4, -0.2) is 46.4 Å². The average Bonchev–Trinajstić information content (AvgIpc) is 3.84. The summed E-state index contributed by atoms with van der Waals surface area (Å²) in [6.07, 6.45) is 7.62. The first-order valence-electron chi connectivity index (χ1n) is 16.6. The third-order valence-corrected chi connectivity index (χ3v) is 10.1. The number of pyridine rings is 2. The van der Waals surface area contributed by atoms with E-state index in [2.05, 4.69) is 62.6 Å². The molecule has 2 aromatic carbocycles. The number of nitrogens with one attached hydrogen (secondary N) is 2. The summed E-state index contributed by atoms with van der Waals surface area (Å²) < 4.78 is 2.13. The highest BCUT2D eigenvalue weighted by Crippen LogP contribution is 2.32. The standard InChI is InChI=1S/C20H16N6S.C19H14N6S/c21-13-15(19-25-17-6-1-2-7-18(17)27-19)16-9-12-24-20(26-16)23-11-8-14-5-3-4-10-22-14;20-11-14(18-24-16-6-1-2-7-17(16)26-18)15-8-10-22-19(25-15)23-12-13-5-3-4-9-21-13/h1-7,9-10,12,15H,8,11H2,(H,23,24,26);1-10,14H,12H2,(H,22,23,25). The molecule has 2 N–H and O–H groups in total. The maximum Gasteiger partial charge on any atom is 0.223 e. The molecule has 2 atom stereocenters. The van der Waals surface area contributed by atoms with E-state index in [1.54, 1.807) is 36.9 Å². The smallest absolute Gasteiger partial charge is 0.223 e. The molecule has 0 radical (unpaired) electrons. The molecule has 0 fully saturated rings. The normalized spacial score (nSPS) is 11.8. The lowest BCUT2D eigenvalue weighted by molar-refractivity contribution is 0.906. The minimum atomic E-state index is -0.522. The number of benzene rings is 2. The van der Waals surface area contributed by atoms with Crippen molar-refractivity contribution in [2.45, 2.75) is 24.8 Å². The fourth-order valence-electron chi connectivity index (χ4n) is 5.28. The van der Waals surface area contributed by atoms with Crippen molar-refractivity contribution < 1.29 is 0 Å². The Labute approximate surface area is 313 Å². The van der Waals surface area contributed by atoms with E-state index in [9.17, 15) is 10.5 Å². The van der Waals surface area contributed by atoms with Crippen LogP contribution in [-0.2, 0) is 13.0 Å². The fourth-order valence-corrected chi connectivity index (χ4v) is 7.33. The van der Waals surface area contributed by atoms with Gasteiger partial charge in [-0.2, -0.15) is 10.5 Å². The number of hydrogen-bond acceptors (Lipinski definition) is 14. The molecule has 258 valence electrons. The van der Waals surface area contributed by atoms with Gasteiger partial charge < -0.3 is 10.6 Å². The van der Waals surface area contributed by atoms with E-state index in [1.807, 2.05) is 84.9 Å². The summed E-state index contributed by atoms with van der Waals surface area (Å²) in [6.45, 7) is 1.18. The second-order valence-corrected chi connectivity index (χ2v) is 13.6. The SMILES string of the molecule is N#CC(c1ccnc(NCCc2ccccn2)n1)c1nc2ccccc2s1.N#CC(c1ccnc(NCc2ccccn2)n1)c1nc2ccccc2s1. The summed E-state index contributed by atoms with van der Waals surface area (Å²) in [6, 6.07) is 35.5. The van der Waals surface area contributed by atoms with Crippen molar-refractivity contribution in [2.75, 3.05) is 17.2 Å². The quantitative estimate of drug-likeness (QED) is 0.134. The highest BCUT2D eigenvalue weighted by Gasteiger charge is 2.21. The topological polar surface area (TPSA) is 175 Å². The molecule has 0 spiro atoms. The Bertz CT molecular complexity index is 2440. The van der Waals surface area contributed by atoms with Gasteiger partial charge in [-0.25, -0.2) is 29.9 Å². The van der Waals surface area contributed by atoms with Gasteiger partial charge in [0.15, 0.2) is 0 Å². The van der Waals surface area contributed by atoms with Gasteiger partial charge in [0.2, 0.25) is 11.9 Å². The lowest BCUT2D eigenvalue weighted by Crippen LogP contribution is -2.10. The number of aromatic nitrogens is 8. The van der Waals surface area contributed by atoms with Crippen LogP contribution >= 0.6 is 22.7 Å². The monoisotopic (exact) mass is 730 g/mol. The molecule has 8 rings (SSSR count). The first-order valence-corrected chi connectivity index (χ1v) is 18.2. The Hall–Kier alpha value is -6.74. The molecule has 0 bridgehead atoms. The zero-order valence-corrected chi connectivity index (χ0v) is 29.7. The summed E-state index contributed by atoms with van der Waals surface area (Å²) in [5.74, 6) is -0.0631. The van der Waals surface area contributed by atoms with E-state index >= 15 is 0 Å². The predicted octanol–water partition coefficient (Wildman–Crippen LogP) is 7.54. The number of thiazole rings is 2.